The maximum atomic E-state index is 14.0. The second-order valence-electron chi connectivity index (χ2n) is 11.3. The Morgan fingerprint density at radius 1 is 1.03 bits per heavy atom. The van der Waals surface area contributed by atoms with Gasteiger partial charge in [0.2, 0.25) is 5.91 Å². The van der Waals surface area contributed by atoms with E-state index in [1.807, 2.05) is 60.6 Å². The SMILES string of the molecule is CC(C)(C)OC(=O)NC(C(=O)N1CCCC1c1ccnc(-n2cnc3ccccc32)c1)C1CCCCC1. The van der Waals surface area contributed by atoms with Crippen LogP contribution in [0.15, 0.2) is 48.9 Å². The normalized spacial score (nSPS) is 19.6. The molecule has 5 rings (SSSR count). The third-order valence-corrected chi connectivity index (χ3v) is 7.45. The zero-order valence-corrected chi connectivity index (χ0v) is 22.0. The number of carbonyl (C=O) groups is 2. The number of para-hydroxylation sites is 2. The lowest BCUT2D eigenvalue weighted by Crippen LogP contribution is -2.53. The number of ether oxygens (including phenoxy) is 1. The van der Waals surface area contributed by atoms with Gasteiger partial charge in [0.15, 0.2) is 0 Å². The van der Waals surface area contributed by atoms with E-state index >= 15 is 0 Å². The Morgan fingerprint density at radius 2 is 1.81 bits per heavy atom. The Kier molecular flexibility index (Phi) is 7.17. The van der Waals surface area contributed by atoms with E-state index in [2.05, 4.69) is 21.4 Å². The molecule has 8 heteroatoms. The first-order valence-electron chi connectivity index (χ1n) is 13.5. The highest BCUT2D eigenvalue weighted by molar-refractivity contribution is 5.86. The third-order valence-electron chi connectivity index (χ3n) is 7.45. The van der Waals surface area contributed by atoms with Crippen LogP contribution in [0.2, 0.25) is 0 Å². The summed E-state index contributed by atoms with van der Waals surface area (Å²) in [4.78, 5) is 37.8. The molecule has 2 amide bonds. The van der Waals surface area contributed by atoms with Crippen molar-refractivity contribution in [2.45, 2.75) is 83.4 Å². The summed E-state index contributed by atoms with van der Waals surface area (Å²) in [6, 6.07) is 11.4. The number of alkyl carbamates (subject to hydrolysis) is 1. The van der Waals surface area contributed by atoms with E-state index in [9.17, 15) is 9.59 Å². The summed E-state index contributed by atoms with van der Waals surface area (Å²) < 4.78 is 7.52. The van der Waals surface area contributed by atoms with Gasteiger partial charge in [-0.05, 0) is 82.2 Å². The van der Waals surface area contributed by atoms with E-state index in [1.54, 1.807) is 12.5 Å². The van der Waals surface area contributed by atoms with E-state index < -0.39 is 17.7 Å². The Bertz CT molecular complexity index is 1260. The fourth-order valence-electron chi connectivity index (χ4n) is 5.75. The second-order valence-corrected chi connectivity index (χ2v) is 11.3. The monoisotopic (exact) mass is 503 g/mol. The topological polar surface area (TPSA) is 89.4 Å². The maximum absolute atomic E-state index is 14.0. The van der Waals surface area contributed by atoms with Gasteiger partial charge in [0.1, 0.15) is 23.8 Å². The van der Waals surface area contributed by atoms with Gasteiger partial charge in [-0.15, -0.1) is 0 Å². The number of nitrogens with one attached hydrogen (secondary N) is 1. The molecule has 1 aliphatic heterocycles. The number of hydrogen-bond acceptors (Lipinski definition) is 5. The van der Waals surface area contributed by atoms with Crippen molar-refractivity contribution in [1.82, 2.24) is 24.8 Å². The Labute approximate surface area is 218 Å². The molecule has 1 saturated heterocycles. The van der Waals surface area contributed by atoms with Gasteiger partial charge in [-0.25, -0.2) is 14.8 Å². The molecular formula is C29H37N5O3. The minimum absolute atomic E-state index is 0.00768. The first-order valence-corrected chi connectivity index (χ1v) is 13.5. The van der Waals surface area contributed by atoms with Gasteiger partial charge in [-0.2, -0.15) is 0 Å². The van der Waals surface area contributed by atoms with Gasteiger partial charge in [-0.1, -0.05) is 31.4 Å². The molecule has 2 aliphatic rings. The van der Waals surface area contributed by atoms with E-state index in [-0.39, 0.29) is 17.9 Å². The van der Waals surface area contributed by atoms with E-state index in [1.165, 1.54) is 6.42 Å². The van der Waals surface area contributed by atoms with Crippen molar-refractivity contribution in [2.75, 3.05) is 6.54 Å². The number of pyridine rings is 1. The fraction of sp³-hybridized carbons (Fsp3) is 0.517. The zero-order valence-electron chi connectivity index (χ0n) is 22.0. The van der Waals surface area contributed by atoms with Crippen molar-refractivity contribution >= 4 is 23.0 Å². The number of nitrogens with zero attached hydrogens (tertiary/aromatic N) is 4. The van der Waals surface area contributed by atoms with Crippen LogP contribution in [-0.2, 0) is 9.53 Å². The smallest absolute Gasteiger partial charge is 0.408 e. The average molecular weight is 504 g/mol. The standard InChI is InChI=1S/C29H37N5O3/c1-29(2,3)37-28(36)32-26(20-10-5-4-6-11-20)27(35)33-17-9-14-23(33)21-15-16-30-25(18-21)34-19-31-22-12-7-8-13-24(22)34/h7-8,12-13,15-16,18-20,23,26H,4-6,9-11,14,17H2,1-3H3,(H,32,36). The van der Waals surface area contributed by atoms with Gasteiger partial charge < -0.3 is 15.0 Å². The average Bonchev–Trinajstić information content (AvgIpc) is 3.54. The number of benzene rings is 1. The molecule has 2 aromatic heterocycles. The van der Waals surface area contributed by atoms with Gasteiger partial charge in [-0.3, -0.25) is 9.36 Å². The summed E-state index contributed by atoms with van der Waals surface area (Å²) in [5.41, 5.74) is 2.33. The molecule has 8 nitrogen and oxygen atoms in total. The largest absolute Gasteiger partial charge is 0.444 e. The van der Waals surface area contributed by atoms with Gasteiger partial charge >= 0.3 is 6.09 Å². The molecule has 37 heavy (non-hydrogen) atoms. The first-order chi connectivity index (χ1) is 17.8. The number of aromatic nitrogens is 3. The van der Waals surface area contributed by atoms with Crippen molar-refractivity contribution in [3.05, 3.63) is 54.5 Å². The Balaban J connectivity index is 1.40. The first kappa shape index (κ1) is 25.2. The molecule has 0 spiro atoms. The fourth-order valence-corrected chi connectivity index (χ4v) is 5.75. The molecule has 2 fully saturated rings. The van der Waals surface area contributed by atoms with Crippen molar-refractivity contribution in [3.8, 4) is 5.82 Å². The number of fused-ring (bicyclic) bond motifs is 1. The summed E-state index contributed by atoms with van der Waals surface area (Å²) in [6.45, 7) is 6.19. The van der Waals surface area contributed by atoms with Crippen molar-refractivity contribution in [2.24, 2.45) is 5.92 Å². The molecule has 0 radical (unpaired) electrons. The van der Waals surface area contributed by atoms with Crippen LogP contribution in [0.1, 0.15) is 77.3 Å². The van der Waals surface area contributed by atoms with Crippen LogP contribution >= 0.6 is 0 Å². The molecule has 1 saturated carbocycles. The van der Waals surface area contributed by atoms with Crippen molar-refractivity contribution < 1.29 is 14.3 Å². The number of amides is 2. The minimum atomic E-state index is -0.620. The van der Waals surface area contributed by atoms with E-state index in [4.69, 9.17) is 4.74 Å². The van der Waals surface area contributed by atoms with Gasteiger partial charge in [0.05, 0.1) is 17.1 Å². The number of carbonyl (C=O) groups excluding carboxylic acids is 2. The summed E-state index contributed by atoms with van der Waals surface area (Å²) >= 11 is 0. The molecule has 1 aliphatic carbocycles. The molecule has 2 atom stereocenters. The van der Waals surface area contributed by atoms with Crippen molar-refractivity contribution in [3.63, 3.8) is 0 Å². The minimum Gasteiger partial charge on any atom is -0.444 e. The summed E-state index contributed by atoms with van der Waals surface area (Å²) in [5, 5.41) is 2.97. The predicted octanol–water partition coefficient (Wildman–Crippen LogP) is 5.56. The quantitative estimate of drug-likeness (QED) is 0.493. The molecule has 196 valence electrons. The summed E-state index contributed by atoms with van der Waals surface area (Å²) in [7, 11) is 0. The lowest BCUT2D eigenvalue weighted by molar-refractivity contribution is -0.136. The van der Waals surface area contributed by atoms with Crippen LogP contribution in [0.5, 0.6) is 0 Å². The lowest BCUT2D eigenvalue weighted by Gasteiger charge is -2.35. The lowest BCUT2D eigenvalue weighted by atomic mass is 9.83. The highest BCUT2D eigenvalue weighted by Gasteiger charge is 2.39. The van der Waals surface area contributed by atoms with Gasteiger partial charge in [0, 0.05) is 12.7 Å². The van der Waals surface area contributed by atoms with Crippen LogP contribution in [0.4, 0.5) is 4.79 Å². The molecule has 3 heterocycles. The molecule has 1 aromatic carbocycles. The Morgan fingerprint density at radius 3 is 2.59 bits per heavy atom. The number of hydrogen-bond donors (Lipinski definition) is 1. The third kappa shape index (κ3) is 5.63. The number of imidazole rings is 1. The molecule has 2 unspecified atom stereocenters. The second kappa shape index (κ2) is 10.5. The van der Waals surface area contributed by atoms with Crippen LogP contribution < -0.4 is 5.32 Å². The highest BCUT2D eigenvalue weighted by atomic mass is 16.6. The molecule has 3 aromatic rings. The maximum Gasteiger partial charge on any atom is 0.408 e. The van der Waals surface area contributed by atoms with Crippen LogP contribution in [-0.4, -0.2) is 49.6 Å². The van der Waals surface area contributed by atoms with E-state index in [0.29, 0.717) is 6.54 Å². The predicted molar refractivity (Wildman–Crippen MR) is 142 cm³/mol. The van der Waals surface area contributed by atoms with Crippen LogP contribution in [0.3, 0.4) is 0 Å². The summed E-state index contributed by atoms with van der Waals surface area (Å²) in [6.07, 6.45) is 10.1. The highest BCUT2D eigenvalue weighted by Crippen LogP contribution is 2.35. The molecule has 0 bridgehead atoms. The number of rotatable bonds is 5. The molecule has 1 N–H and O–H groups in total. The molecular weight excluding hydrogens is 466 g/mol. The van der Waals surface area contributed by atoms with Crippen LogP contribution in [0, 0.1) is 5.92 Å². The Hall–Kier alpha value is -3.42. The zero-order chi connectivity index (χ0) is 26.0. The number of likely N-dealkylation sites (tertiary alicyclic amines) is 1. The van der Waals surface area contributed by atoms with Gasteiger partial charge in [0.25, 0.3) is 0 Å². The van der Waals surface area contributed by atoms with Crippen molar-refractivity contribution in [1.29, 1.82) is 0 Å². The summed E-state index contributed by atoms with van der Waals surface area (Å²) in [5.74, 6) is 0.897. The van der Waals surface area contributed by atoms with E-state index in [0.717, 1.165) is 60.9 Å². The van der Waals surface area contributed by atoms with Crippen LogP contribution in [0.25, 0.3) is 16.9 Å².